The Morgan fingerprint density at radius 3 is 2.87 bits per heavy atom. The molecule has 1 saturated carbocycles. The molecule has 2 aliphatic carbocycles. The van der Waals surface area contributed by atoms with Crippen molar-refractivity contribution < 1.29 is 9.21 Å². The average Bonchev–Trinajstić information content (AvgIpc) is 3.53. The third-order valence-electron chi connectivity index (χ3n) is 6.38. The molecule has 3 aromatic heterocycles. The molecule has 0 spiro atoms. The van der Waals surface area contributed by atoms with Crippen molar-refractivity contribution in [3.63, 3.8) is 0 Å². The lowest BCUT2D eigenvalue weighted by Gasteiger charge is -2.15. The van der Waals surface area contributed by atoms with Crippen LogP contribution >= 0.6 is 0 Å². The molecule has 0 saturated heterocycles. The van der Waals surface area contributed by atoms with Gasteiger partial charge in [0.05, 0.1) is 12.0 Å². The zero-order chi connectivity index (χ0) is 21.2. The first kappa shape index (κ1) is 19.8. The molecule has 2 N–H and O–H groups in total. The van der Waals surface area contributed by atoms with Gasteiger partial charge in [-0.1, -0.05) is 25.7 Å². The van der Waals surface area contributed by atoms with Crippen molar-refractivity contribution in [3.8, 4) is 17.4 Å². The maximum absolute atomic E-state index is 12.7. The van der Waals surface area contributed by atoms with Crippen LogP contribution in [0.25, 0.3) is 17.4 Å². The average molecular weight is 422 g/mol. The molecule has 3 aromatic rings. The summed E-state index contributed by atoms with van der Waals surface area (Å²) in [5.41, 5.74) is 2.01. The Morgan fingerprint density at radius 1 is 1.23 bits per heavy atom. The van der Waals surface area contributed by atoms with Crippen molar-refractivity contribution >= 4 is 11.7 Å². The number of hydrogen-bond acceptors (Lipinski definition) is 5. The van der Waals surface area contributed by atoms with Crippen LogP contribution in [0.2, 0.25) is 0 Å². The normalized spacial score (nSPS) is 16.4. The number of aryl methyl sites for hydroxylation is 1. The van der Waals surface area contributed by atoms with Crippen molar-refractivity contribution in [2.75, 3.05) is 5.32 Å². The number of carbonyl (C=O) groups excluding carboxylic acids is 1. The van der Waals surface area contributed by atoms with E-state index >= 15 is 0 Å². The van der Waals surface area contributed by atoms with E-state index in [-0.39, 0.29) is 11.5 Å². The van der Waals surface area contributed by atoms with Gasteiger partial charge in [-0.25, -0.2) is 4.98 Å². The molecule has 3 heterocycles. The van der Waals surface area contributed by atoms with Crippen LogP contribution in [0.4, 0.5) is 5.82 Å². The van der Waals surface area contributed by atoms with Crippen LogP contribution in [-0.4, -0.2) is 25.7 Å². The minimum absolute atomic E-state index is 0.0562. The van der Waals surface area contributed by atoms with E-state index in [0.29, 0.717) is 35.6 Å². The Kier molecular flexibility index (Phi) is 5.44. The summed E-state index contributed by atoms with van der Waals surface area (Å²) in [6, 6.07) is 5.35. The lowest BCUT2D eigenvalue weighted by atomic mass is 9.97. The van der Waals surface area contributed by atoms with Gasteiger partial charge < -0.3 is 9.73 Å². The molecule has 0 unspecified atom stereocenters. The van der Waals surface area contributed by atoms with E-state index < -0.39 is 0 Å². The maximum Gasteiger partial charge on any atom is 0.255 e. The molecular formula is C23H27N5O3. The lowest BCUT2D eigenvalue weighted by Crippen LogP contribution is -2.24. The van der Waals surface area contributed by atoms with E-state index in [1.165, 1.54) is 30.4 Å². The number of fused-ring (bicyclic) bond motifs is 1. The molecule has 0 atom stereocenters. The summed E-state index contributed by atoms with van der Waals surface area (Å²) in [7, 11) is 0. The van der Waals surface area contributed by atoms with Gasteiger partial charge in [0.2, 0.25) is 11.9 Å². The Labute approximate surface area is 180 Å². The predicted molar refractivity (Wildman–Crippen MR) is 116 cm³/mol. The summed E-state index contributed by atoms with van der Waals surface area (Å²) in [6.45, 7) is 0. The number of H-pyrrole nitrogens is 1. The van der Waals surface area contributed by atoms with E-state index in [1.807, 2.05) is 0 Å². The smallest absolute Gasteiger partial charge is 0.255 e. The minimum atomic E-state index is -0.131. The van der Waals surface area contributed by atoms with E-state index in [4.69, 9.17) is 4.42 Å². The number of furan rings is 1. The summed E-state index contributed by atoms with van der Waals surface area (Å²) in [5.74, 6) is 1.96. The Bertz CT molecular complexity index is 1120. The summed E-state index contributed by atoms with van der Waals surface area (Å²) in [6.07, 6.45) is 11.5. The monoisotopic (exact) mass is 421 g/mol. The standard InChI is InChI=1S/C23H27N5O3/c29-21(12-11-15-6-1-2-7-15)25-20-14-18(19-10-5-13-31-19)27-28(20)23-24-17-9-4-3-8-16(17)22(30)26-23/h5,10,13-15H,1-4,6-9,11-12H2,(H,25,29)(H,24,26,30). The number of aromatic nitrogens is 4. The first-order valence-electron chi connectivity index (χ1n) is 11.2. The largest absolute Gasteiger partial charge is 0.463 e. The van der Waals surface area contributed by atoms with Gasteiger partial charge >= 0.3 is 0 Å². The number of nitrogens with zero attached hydrogens (tertiary/aromatic N) is 3. The lowest BCUT2D eigenvalue weighted by molar-refractivity contribution is -0.116. The molecule has 8 nitrogen and oxygen atoms in total. The molecule has 162 valence electrons. The number of aromatic amines is 1. The van der Waals surface area contributed by atoms with Crippen LogP contribution in [0.5, 0.6) is 0 Å². The fourth-order valence-electron chi connectivity index (χ4n) is 4.71. The zero-order valence-corrected chi connectivity index (χ0v) is 17.5. The highest BCUT2D eigenvalue weighted by molar-refractivity contribution is 5.90. The summed E-state index contributed by atoms with van der Waals surface area (Å²) >= 11 is 0. The van der Waals surface area contributed by atoms with Gasteiger partial charge in [0.1, 0.15) is 11.5 Å². The topological polar surface area (TPSA) is 106 Å². The van der Waals surface area contributed by atoms with Gasteiger partial charge in [0.25, 0.3) is 5.56 Å². The SMILES string of the molecule is O=C(CCC1CCCC1)Nc1cc(-c2ccco2)nn1-c1nc2c(c(=O)[nH]1)CCCC2. The van der Waals surface area contributed by atoms with Gasteiger partial charge in [0.15, 0.2) is 5.76 Å². The van der Waals surface area contributed by atoms with Crippen LogP contribution in [0, 0.1) is 5.92 Å². The number of hydrogen-bond donors (Lipinski definition) is 2. The summed E-state index contributed by atoms with van der Waals surface area (Å²) in [4.78, 5) is 32.8. The molecule has 0 bridgehead atoms. The number of nitrogens with one attached hydrogen (secondary N) is 2. The van der Waals surface area contributed by atoms with Crippen LogP contribution in [-0.2, 0) is 17.6 Å². The third-order valence-corrected chi connectivity index (χ3v) is 6.38. The Hall–Kier alpha value is -3.16. The van der Waals surface area contributed by atoms with Crippen LogP contribution in [0.3, 0.4) is 0 Å². The molecule has 1 amide bonds. The van der Waals surface area contributed by atoms with Crippen LogP contribution in [0.15, 0.2) is 33.7 Å². The van der Waals surface area contributed by atoms with Gasteiger partial charge in [-0.15, -0.1) is 0 Å². The van der Waals surface area contributed by atoms with Crippen LogP contribution < -0.4 is 10.9 Å². The molecular weight excluding hydrogens is 394 g/mol. The molecule has 0 aromatic carbocycles. The van der Waals surface area contributed by atoms with Crippen molar-refractivity contribution in [2.45, 2.75) is 64.2 Å². The fourth-order valence-corrected chi connectivity index (χ4v) is 4.71. The molecule has 2 aliphatic rings. The van der Waals surface area contributed by atoms with Gasteiger partial charge in [0, 0.05) is 18.1 Å². The predicted octanol–water partition coefficient (Wildman–Crippen LogP) is 4.00. The number of amides is 1. The van der Waals surface area contributed by atoms with E-state index in [2.05, 4.69) is 20.4 Å². The molecule has 0 radical (unpaired) electrons. The highest BCUT2D eigenvalue weighted by atomic mass is 16.3. The Balaban J connectivity index is 1.45. The fraction of sp³-hybridized carbons (Fsp3) is 0.478. The van der Waals surface area contributed by atoms with Crippen LogP contribution in [0.1, 0.15) is 62.6 Å². The first-order valence-corrected chi connectivity index (χ1v) is 11.2. The van der Waals surface area contributed by atoms with Crippen molar-refractivity contribution in [2.24, 2.45) is 5.92 Å². The molecule has 5 rings (SSSR count). The number of anilines is 1. The second-order valence-corrected chi connectivity index (χ2v) is 8.56. The first-order chi connectivity index (χ1) is 15.2. The van der Waals surface area contributed by atoms with Gasteiger partial charge in [-0.3, -0.25) is 14.6 Å². The summed E-state index contributed by atoms with van der Waals surface area (Å²) < 4.78 is 6.98. The van der Waals surface area contributed by atoms with Crippen molar-refractivity contribution in [1.82, 2.24) is 19.7 Å². The third kappa shape index (κ3) is 4.19. The second kappa shape index (κ2) is 8.53. The van der Waals surface area contributed by atoms with E-state index in [9.17, 15) is 9.59 Å². The molecule has 8 heteroatoms. The van der Waals surface area contributed by atoms with Crippen molar-refractivity contribution in [3.05, 3.63) is 46.1 Å². The zero-order valence-electron chi connectivity index (χ0n) is 17.5. The highest BCUT2D eigenvalue weighted by Crippen LogP contribution is 2.29. The molecule has 31 heavy (non-hydrogen) atoms. The molecule has 1 fully saturated rings. The second-order valence-electron chi connectivity index (χ2n) is 8.56. The highest BCUT2D eigenvalue weighted by Gasteiger charge is 2.21. The minimum Gasteiger partial charge on any atom is -0.463 e. The van der Waals surface area contributed by atoms with Gasteiger partial charge in [-0.05, 0) is 50.2 Å². The molecule has 0 aliphatic heterocycles. The van der Waals surface area contributed by atoms with E-state index in [0.717, 1.165) is 43.4 Å². The van der Waals surface area contributed by atoms with Crippen molar-refractivity contribution in [1.29, 1.82) is 0 Å². The maximum atomic E-state index is 12.7. The van der Waals surface area contributed by atoms with E-state index in [1.54, 1.807) is 24.5 Å². The van der Waals surface area contributed by atoms with Gasteiger partial charge in [-0.2, -0.15) is 9.78 Å². The number of carbonyl (C=O) groups is 1. The number of rotatable bonds is 6. The quantitative estimate of drug-likeness (QED) is 0.626. The Morgan fingerprint density at radius 2 is 2.06 bits per heavy atom. The summed E-state index contributed by atoms with van der Waals surface area (Å²) in [5, 5.41) is 7.55.